The van der Waals surface area contributed by atoms with Crippen LogP contribution in [0.1, 0.15) is 5.01 Å². The van der Waals surface area contributed by atoms with Gasteiger partial charge in [0.1, 0.15) is 10.8 Å². The highest BCUT2D eigenvalue weighted by atomic mass is 32.1. The van der Waals surface area contributed by atoms with Crippen molar-refractivity contribution in [2.45, 2.75) is 6.54 Å². The highest BCUT2D eigenvalue weighted by Gasteiger charge is 2.06. The number of nitrogens with zero attached hydrogens (tertiary/aromatic N) is 2. The van der Waals surface area contributed by atoms with E-state index in [-0.39, 0.29) is 0 Å². The summed E-state index contributed by atoms with van der Waals surface area (Å²) in [5.41, 5.74) is 2.05. The summed E-state index contributed by atoms with van der Waals surface area (Å²) >= 11 is 3.23. The topological polar surface area (TPSA) is 47.0 Å². The van der Waals surface area contributed by atoms with Gasteiger partial charge < -0.3 is 10.1 Å². The van der Waals surface area contributed by atoms with Crippen LogP contribution >= 0.6 is 22.7 Å². The van der Waals surface area contributed by atoms with Crippen LogP contribution in [0.25, 0.3) is 11.3 Å². The van der Waals surface area contributed by atoms with Crippen LogP contribution in [0, 0.1) is 0 Å². The number of hydrogen-bond acceptors (Lipinski definition) is 6. The fourth-order valence-corrected chi connectivity index (χ4v) is 3.04. The van der Waals surface area contributed by atoms with Gasteiger partial charge in [0, 0.05) is 22.5 Å². The van der Waals surface area contributed by atoms with Crippen LogP contribution in [0.4, 0.5) is 5.13 Å². The number of hydrogen-bond donors (Lipinski definition) is 1. The number of rotatable bonds is 5. The van der Waals surface area contributed by atoms with Crippen LogP contribution in [0.2, 0.25) is 0 Å². The van der Waals surface area contributed by atoms with E-state index in [1.165, 1.54) is 0 Å². The molecule has 0 amide bonds. The summed E-state index contributed by atoms with van der Waals surface area (Å²) in [6, 6.07) is 7.94. The maximum absolute atomic E-state index is 5.24. The van der Waals surface area contributed by atoms with E-state index < -0.39 is 0 Å². The van der Waals surface area contributed by atoms with Crippen LogP contribution in [0.5, 0.6) is 5.75 Å². The van der Waals surface area contributed by atoms with Crippen molar-refractivity contribution in [1.82, 2.24) is 9.97 Å². The van der Waals surface area contributed by atoms with Gasteiger partial charge in [0.05, 0.1) is 19.3 Å². The first kappa shape index (κ1) is 13.1. The quantitative estimate of drug-likeness (QED) is 0.777. The third-order valence-electron chi connectivity index (χ3n) is 2.74. The number of thiazole rings is 2. The van der Waals surface area contributed by atoms with Gasteiger partial charge >= 0.3 is 0 Å². The second kappa shape index (κ2) is 6.02. The highest BCUT2D eigenvalue weighted by Crippen LogP contribution is 2.25. The lowest BCUT2D eigenvalue weighted by Gasteiger charge is -2.01. The van der Waals surface area contributed by atoms with Crippen molar-refractivity contribution in [1.29, 1.82) is 0 Å². The van der Waals surface area contributed by atoms with Crippen molar-refractivity contribution in [2.75, 3.05) is 12.4 Å². The van der Waals surface area contributed by atoms with Crippen molar-refractivity contribution in [3.05, 3.63) is 46.2 Å². The van der Waals surface area contributed by atoms with Gasteiger partial charge in [-0.3, -0.25) is 0 Å². The van der Waals surface area contributed by atoms with Crippen molar-refractivity contribution < 1.29 is 4.74 Å². The molecule has 1 aromatic carbocycles. The van der Waals surface area contributed by atoms with E-state index in [2.05, 4.69) is 20.7 Å². The standard InChI is InChI=1S/C14H13N3OS2/c1-18-11-4-2-3-10(7-11)12-9-20-13(17-12)8-16-14-15-5-6-19-14/h2-7,9H,8H2,1H3,(H,15,16). The molecule has 0 saturated heterocycles. The Bertz CT molecular complexity index is 679. The molecule has 0 fully saturated rings. The maximum Gasteiger partial charge on any atom is 0.182 e. The molecule has 0 saturated carbocycles. The summed E-state index contributed by atoms with van der Waals surface area (Å²) in [5, 5.41) is 9.23. The SMILES string of the molecule is COc1cccc(-c2csc(CNc3nccs3)n2)c1. The molecule has 0 radical (unpaired) electrons. The molecule has 0 spiro atoms. The Hall–Kier alpha value is -1.92. The number of anilines is 1. The first-order valence-electron chi connectivity index (χ1n) is 6.07. The minimum absolute atomic E-state index is 0.697. The number of methoxy groups -OCH3 is 1. The van der Waals surface area contributed by atoms with E-state index in [9.17, 15) is 0 Å². The Morgan fingerprint density at radius 1 is 1.30 bits per heavy atom. The molecule has 2 heterocycles. The first-order valence-corrected chi connectivity index (χ1v) is 7.83. The molecular weight excluding hydrogens is 290 g/mol. The average Bonchev–Trinajstić information content (AvgIpc) is 3.16. The Balaban J connectivity index is 1.72. The van der Waals surface area contributed by atoms with Crippen LogP contribution in [0.15, 0.2) is 41.2 Å². The molecule has 0 atom stereocenters. The van der Waals surface area contributed by atoms with Crippen molar-refractivity contribution in [3.63, 3.8) is 0 Å². The molecule has 2 aromatic heterocycles. The lowest BCUT2D eigenvalue weighted by Crippen LogP contribution is -1.98. The Morgan fingerprint density at radius 2 is 2.25 bits per heavy atom. The zero-order valence-corrected chi connectivity index (χ0v) is 12.5. The van der Waals surface area contributed by atoms with Crippen molar-refractivity contribution in [3.8, 4) is 17.0 Å². The molecule has 0 aliphatic carbocycles. The molecule has 1 N–H and O–H groups in total. The minimum atomic E-state index is 0.697. The molecule has 4 nitrogen and oxygen atoms in total. The number of benzene rings is 1. The van der Waals surface area contributed by atoms with Gasteiger partial charge in [0.25, 0.3) is 0 Å². The summed E-state index contributed by atoms with van der Waals surface area (Å²) in [5.74, 6) is 0.845. The van der Waals surface area contributed by atoms with Gasteiger partial charge in [0.2, 0.25) is 0 Å². The molecule has 0 aliphatic rings. The zero-order chi connectivity index (χ0) is 13.8. The maximum atomic E-state index is 5.24. The van der Waals surface area contributed by atoms with Crippen molar-refractivity contribution in [2.24, 2.45) is 0 Å². The Kier molecular flexibility index (Phi) is 3.94. The van der Waals surface area contributed by atoms with E-state index in [1.54, 1.807) is 36.0 Å². The van der Waals surface area contributed by atoms with Gasteiger partial charge in [0.15, 0.2) is 5.13 Å². The number of ether oxygens (including phenoxy) is 1. The normalized spacial score (nSPS) is 10.4. The predicted octanol–water partition coefficient (Wildman–Crippen LogP) is 3.89. The molecule has 0 bridgehead atoms. The summed E-state index contributed by atoms with van der Waals surface area (Å²) in [7, 11) is 1.67. The van der Waals surface area contributed by atoms with Crippen LogP contribution < -0.4 is 10.1 Å². The lowest BCUT2D eigenvalue weighted by atomic mass is 10.2. The molecule has 3 rings (SSSR count). The second-order valence-corrected chi connectivity index (χ2v) is 5.89. The summed E-state index contributed by atoms with van der Waals surface area (Å²) in [6.45, 7) is 0.697. The lowest BCUT2D eigenvalue weighted by molar-refractivity contribution is 0.415. The molecule has 20 heavy (non-hydrogen) atoms. The summed E-state index contributed by atoms with van der Waals surface area (Å²) in [6.07, 6.45) is 1.79. The van der Waals surface area contributed by atoms with Gasteiger partial charge in [-0.05, 0) is 12.1 Å². The molecule has 0 unspecified atom stereocenters. The monoisotopic (exact) mass is 303 g/mol. The van der Waals surface area contributed by atoms with Crippen LogP contribution in [-0.4, -0.2) is 17.1 Å². The van der Waals surface area contributed by atoms with Gasteiger partial charge in [-0.25, -0.2) is 9.97 Å². The third kappa shape index (κ3) is 2.97. The van der Waals surface area contributed by atoms with E-state index in [0.29, 0.717) is 6.54 Å². The first-order chi connectivity index (χ1) is 9.85. The van der Waals surface area contributed by atoms with Gasteiger partial charge in [-0.2, -0.15) is 0 Å². The Morgan fingerprint density at radius 3 is 3.05 bits per heavy atom. The third-order valence-corrected chi connectivity index (χ3v) is 4.32. The van der Waals surface area contributed by atoms with E-state index in [1.807, 2.05) is 29.6 Å². The highest BCUT2D eigenvalue weighted by molar-refractivity contribution is 7.13. The summed E-state index contributed by atoms with van der Waals surface area (Å²) in [4.78, 5) is 8.82. The number of aromatic nitrogens is 2. The van der Waals surface area contributed by atoms with E-state index >= 15 is 0 Å². The fourth-order valence-electron chi connectivity index (χ4n) is 1.77. The van der Waals surface area contributed by atoms with Crippen LogP contribution in [0.3, 0.4) is 0 Å². The zero-order valence-electron chi connectivity index (χ0n) is 10.9. The molecule has 0 aliphatic heterocycles. The second-order valence-electron chi connectivity index (χ2n) is 4.05. The minimum Gasteiger partial charge on any atom is -0.497 e. The molecule has 102 valence electrons. The smallest absolute Gasteiger partial charge is 0.182 e. The number of nitrogens with one attached hydrogen (secondary N) is 1. The average molecular weight is 303 g/mol. The van der Waals surface area contributed by atoms with Gasteiger partial charge in [-0.15, -0.1) is 22.7 Å². The summed E-state index contributed by atoms with van der Waals surface area (Å²) < 4.78 is 5.24. The van der Waals surface area contributed by atoms with Crippen LogP contribution in [-0.2, 0) is 6.54 Å². The Labute approximate surface area is 125 Å². The van der Waals surface area contributed by atoms with E-state index in [4.69, 9.17) is 4.74 Å². The molecule has 3 aromatic rings. The van der Waals surface area contributed by atoms with E-state index in [0.717, 1.165) is 27.1 Å². The van der Waals surface area contributed by atoms with Gasteiger partial charge in [-0.1, -0.05) is 12.1 Å². The fraction of sp³-hybridized carbons (Fsp3) is 0.143. The molecule has 6 heteroatoms. The van der Waals surface area contributed by atoms with Crippen molar-refractivity contribution >= 4 is 27.8 Å². The largest absolute Gasteiger partial charge is 0.497 e. The predicted molar refractivity (Wildman–Crippen MR) is 83.5 cm³/mol. The molecular formula is C14H13N3OS2.